The van der Waals surface area contributed by atoms with Crippen LogP contribution < -0.4 is 4.57 Å². The predicted molar refractivity (Wildman–Crippen MR) is 106 cm³/mol. The summed E-state index contributed by atoms with van der Waals surface area (Å²) in [5, 5.41) is 0. The van der Waals surface area contributed by atoms with Gasteiger partial charge >= 0.3 is 0 Å². The molecule has 2 aliphatic rings. The molecule has 1 aromatic carbocycles. The quantitative estimate of drug-likeness (QED) is 0.537. The zero-order chi connectivity index (χ0) is 18.2. The number of aryl methyl sites for hydroxylation is 2. The summed E-state index contributed by atoms with van der Waals surface area (Å²) >= 11 is 0. The zero-order valence-corrected chi connectivity index (χ0v) is 16.2. The molecule has 0 atom stereocenters. The predicted octanol–water partition coefficient (Wildman–Crippen LogP) is 5.38. The van der Waals surface area contributed by atoms with Crippen molar-refractivity contribution in [2.75, 3.05) is 0 Å². The summed E-state index contributed by atoms with van der Waals surface area (Å²) in [5.74, 6) is 0.203. The fraction of sp³-hybridized carbons (Fsp3) is 0.500. The molecule has 0 N–H and O–H groups in total. The molecule has 138 valence electrons. The van der Waals surface area contributed by atoms with Crippen molar-refractivity contribution >= 4 is 5.78 Å². The van der Waals surface area contributed by atoms with Crippen molar-refractivity contribution in [1.29, 1.82) is 0 Å². The topological polar surface area (TPSA) is 20.9 Å². The number of carbonyl (C=O) groups is 1. The first-order chi connectivity index (χ1) is 12.7. The smallest absolute Gasteiger partial charge is 0.227 e. The molecule has 2 nitrogen and oxygen atoms in total. The van der Waals surface area contributed by atoms with Gasteiger partial charge in [0.05, 0.1) is 0 Å². The van der Waals surface area contributed by atoms with Crippen LogP contribution in [0.1, 0.15) is 78.5 Å². The SMILES string of the molecule is Cc1cc2c[n+](CC(=O)c3ccccc3)c1CCCCCCCCCC2. The Morgan fingerprint density at radius 1 is 0.885 bits per heavy atom. The highest BCUT2D eigenvalue weighted by Crippen LogP contribution is 2.17. The summed E-state index contributed by atoms with van der Waals surface area (Å²) in [6.07, 6.45) is 15.0. The molecule has 0 unspecified atom stereocenters. The van der Waals surface area contributed by atoms with Crippen LogP contribution in [0, 0.1) is 6.92 Å². The molecule has 0 radical (unpaired) electrons. The number of carbonyl (C=O) groups excluding carboxylic acids is 1. The maximum Gasteiger partial charge on any atom is 0.227 e. The number of nitrogens with zero attached hydrogens (tertiary/aromatic N) is 1. The largest absolute Gasteiger partial charge is 0.287 e. The molecule has 0 saturated carbocycles. The number of rotatable bonds is 3. The molecular weight excluding hydrogens is 318 g/mol. The van der Waals surface area contributed by atoms with Gasteiger partial charge in [-0.25, -0.2) is 0 Å². The van der Waals surface area contributed by atoms with Gasteiger partial charge in [0.15, 0.2) is 11.9 Å². The van der Waals surface area contributed by atoms with Gasteiger partial charge in [-0.05, 0) is 32.3 Å². The van der Waals surface area contributed by atoms with Crippen molar-refractivity contribution in [1.82, 2.24) is 0 Å². The Morgan fingerprint density at radius 2 is 1.50 bits per heavy atom. The summed E-state index contributed by atoms with van der Waals surface area (Å²) in [5.41, 5.74) is 4.88. The van der Waals surface area contributed by atoms with Crippen molar-refractivity contribution in [3.8, 4) is 0 Å². The van der Waals surface area contributed by atoms with Crippen LogP contribution in [0.3, 0.4) is 0 Å². The summed E-state index contributed by atoms with van der Waals surface area (Å²) in [4.78, 5) is 12.8. The van der Waals surface area contributed by atoms with Crippen LogP contribution in [0.15, 0.2) is 42.6 Å². The van der Waals surface area contributed by atoms with Crippen LogP contribution >= 0.6 is 0 Å². The minimum absolute atomic E-state index is 0.203. The molecule has 26 heavy (non-hydrogen) atoms. The lowest BCUT2D eigenvalue weighted by atomic mass is 9.99. The van der Waals surface area contributed by atoms with E-state index in [1.54, 1.807) is 0 Å². The lowest BCUT2D eigenvalue weighted by Gasteiger charge is -2.11. The van der Waals surface area contributed by atoms with Crippen LogP contribution in [0.2, 0.25) is 0 Å². The van der Waals surface area contributed by atoms with Gasteiger partial charge in [-0.2, -0.15) is 4.57 Å². The molecular formula is C24H32NO+. The highest BCUT2D eigenvalue weighted by Gasteiger charge is 2.20. The molecule has 4 rings (SSSR count). The van der Waals surface area contributed by atoms with Crippen molar-refractivity contribution in [3.63, 3.8) is 0 Å². The van der Waals surface area contributed by atoms with Crippen molar-refractivity contribution < 1.29 is 9.36 Å². The summed E-state index contributed by atoms with van der Waals surface area (Å²) in [7, 11) is 0. The van der Waals surface area contributed by atoms with Gasteiger partial charge in [0.25, 0.3) is 0 Å². The van der Waals surface area contributed by atoms with E-state index in [2.05, 4.69) is 23.8 Å². The van der Waals surface area contributed by atoms with E-state index in [0.29, 0.717) is 6.54 Å². The maximum atomic E-state index is 12.8. The number of fused-ring (bicyclic) bond motifs is 11. The number of Topliss-reactive ketones (excluding diaryl/α,β-unsaturated/α-hetero) is 1. The van der Waals surface area contributed by atoms with E-state index in [0.717, 1.165) is 18.4 Å². The highest BCUT2D eigenvalue weighted by molar-refractivity contribution is 5.94. The first-order valence-corrected chi connectivity index (χ1v) is 10.3. The van der Waals surface area contributed by atoms with Crippen LogP contribution in [0.4, 0.5) is 0 Å². The number of aromatic nitrogens is 1. The molecule has 2 bridgehead atoms. The Balaban J connectivity index is 1.84. The maximum absolute atomic E-state index is 12.8. The van der Waals surface area contributed by atoms with Crippen molar-refractivity contribution in [2.45, 2.75) is 77.7 Å². The molecule has 1 aliphatic heterocycles. The van der Waals surface area contributed by atoms with Gasteiger partial charge in [-0.3, -0.25) is 4.79 Å². The van der Waals surface area contributed by atoms with E-state index in [-0.39, 0.29) is 5.78 Å². The van der Waals surface area contributed by atoms with E-state index >= 15 is 0 Å². The molecule has 0 amide bonds. The minimum atomic E-state index is 0.203. The average molecular weight is 351 g/mol. The number of pyridine rings is 1. The van der Waals surface area contributed by atoms with Gasteiger partial charge in [-0.15, -0.1) is 0 Å². The Labute approximate surface area is 158 Å². The Bertz CT molecular complexity index is 720. The second kappa shape index (κ2) is 9.66. The fourth-order valence-electron chi connectivity index (χ4n) is 4.07. The minimum Gasteiger partial charge on any atom is -0.287 e. The Morgan fingerprint density at radius 3 is 2.19 bits per heavy atom. The number of hydrogen-bond acceptors (Lipinski definition) is 1. The van der Waals surface area contributed by atoms with E-state index in [1.807, 2.05) is 30.3 Å². The monoisotopic (exact) mass is 350 g/mol. The molecule has 2 heterocycles. The normalized spacial score (nSPS) is 16.2. The molecule has 2 aromatic rings. The summed E-state index contributed by atoms with van der Waals surface area (Å²) in [6.45, 7) is 2.67. The number of benzene rings is 1. The van der Waals surface area contributed by atoms with E-state index < -0.39 is 0 Å². The molecule has 1 aromatic heterocycles. The van der Waals surface area contributed by atoms with Crippen LogP contribution in [0.5, 0.6) is 0 Å². The van der Waals surface area contributed by atoms with Crippen LogP contribution in [0.25, 0.3) is 0 Å². The lowest BCUT2D eigenvalue weighted by Crippen LogP contribution is -2.43. The van der Waals surface area contributed by atoms with Gasteiger partial charge in [0.1, 0.15) is 0 Å². The second-order valence-corrected chi connectivity index (χ2v) is 7.72. The van der Waals surface area contributed by atoms with Gasteiger partial charge in [0, 0.05) is 23.1 Å². The van der Waals surface area contributed by atoms with Gasteiger partial charge in [-0.1, -0.05) is 68.9 Å². The summed E-state index contributed by atoms with van der Waals surface area (Å²) in [6, 6.07) is 12.0. The van der Waals surface area contributed by atoms with Crippen molar-refractivity contribution in [3.05, 3.63) is 65.0 Å². The van der Waals surface area contributed by atoms with Gasteiger partial charge in [0.2, 0.25) is 12.3 Å². The zero-order valence-electron chi connectivity index (χ0n) is 16.2. The number of ketones is 1. The Hall–Kier alpha value is -1.96. The van der Waals surface area contributed by atoms with E-state index in [9.17, 15) is 4.79 Å². The lowest BCUT2D eigenvalue weighted by molar-refractivity contribution is -0.691. The van der Waals surface area contributed by atoms with Crippen LogP contribution in [-0.4, -0.2) is 5.78 Å². The number of hydrogen-bond donors (Lipinski definition) is 0. The third kappa shape index (κ3) is 5.27. The second-order valence-electron chi connectivity index (χ2n) is 7.72. The standard InChI is InChI=1S/C24H32NO/c1-20-17-21-13-9-6-4-2-3-5-7-12-16-23(20)25(18-21)19-24(26)22-14-10-8-11-15-22/h8,10-11,14-15,17-18H,2-7,9,12-13,16,19H2,1H3/q+1. The van der Waals surface area contributed by atoms with E-state index in [1.165, 1.54) is 68.2 Å². The molecule has 0 fully saturated rings. The Kier molecular flexibility index (Phi) is 6.99. The fourth-order valence-corrected chi connectivity index (χ4v) is 4.07. The average Bonchev–Trinajstić information content (AvgIpc) is 2.65. The first kappa shape index (κ1) is 18.8. The van der Waals surface area contributed by atoms with Crippen molar-refractivity contribution in [2.24, 2.45) is 0 Å². The molecule has 0 saturated heterocycles. The third-order valence-corrected chi connectivity index (χ3v) is 5.56. The highest BCUT2D eigenvalue weighted by atomic mass is 16.1. The summed E-state index contributed by atoms with van der Waals surface area (Å²) < 4.78 is 2.24. The third-order valence-electron chi connectivity index (χ3n) is 5.56. The molecule has 0 spiro atoms. The molecule has 1 aliphatic carbocycles. The van der Waals surface area contributed by atoms with Gasteiger partial charge < -0.3 is 0 Å². The van der Waals surface area contributed by atoms with Crippen LogP contribution in [-0.2, 0) is 19.4 Å². The molecule has 2 heteroatoms. The first-order valence-electron chi connectivity index (χ1n) is 10.3. The van der Waals surface area contributed by atoms with E-state index in [4.69, 9.17) is 0 Å².